The Morgan fingerprint density at radius 3 is 2.23 bits per heavy atom. The van der Waals surface area contributed by atoms with Crippen LogP contribution in [0.15, 0.2) is 0 Å². The SMILES string of the molecule is C#C[C@@H]1OC(CO)[C@H](O)C(O)C1O. The molecule has 4 N–H and O–H groups in total. The first-order valence-corrected chi connectivity index (χ1v) is 3.88. The van der Waals surface area contributed by atoms with Crippen LogP contribution in [0.2, 0.25) is 0 Å². The Kier molecular flexibility index (Phi) is 3.25. The zero-order chi connectivity index (χ0) is 10.0. The summed E-state index contributed by atoms with van der Waals surface area (Å²) in [4.78, 5) is 0. The predicted octanol–water partition coefficient (Wildman–Crippen LogP) is -2.54. The number of aliphatic hydroxyl groups is 4. The van der Waals surface area contributed by atoms with Crippen molar-refractivity contribution in [2.45, 2.75) is 30.5 Å². The zero-order valence-corrected chi connectivity index (χ0v) is 6.87. The summed E-state index contributed by atoms with van der Waals surface area (Å²) in [5, 5.41) is 36.5. The molecule has 1 aliphatic heterocycles. The van der Waals surface area contributed by atoms with Crippen molar-refractivity contribution in [3.05, 3.63) is 0 Å². The maximum Gasteiger partial charge on any atom is 0.146 e. The molecule has 0 aliphatic carbocycles. The van der Waals surface area contributed by atoms with Gasteiger partial charge in [-0.15, -0.1) is 6.42 Å². The van der Waals surface area contributed by atoms with E-state index in [0.717, 1.165) is 0 Å². The number of hydrogen-bond donors (Lipinski definition) is 4. The molecular formula is C8H12O5. The van der Waals surface area contributed by atoms with Gasteiger partial charge in [0.1, 0.15) is 30.5 Å². The first-order chi connectivity index (χ1) is 6.11. The van der Waals surface area contributed by atoms with E-state index < -0.39 is 37.1 Å². The molecule has 74 valence electrons. The van der Waals surface area contributed by atoms with Crippen molar-refractivity contribution in [1.29, 1.82) is 0 Å². The van der Waals surface area contributed by atoms with Gasteiger partial charge in [-0.25, -0.2) is 0 Å². The minimum atomic E-state index is -1.38. The van der Waals surface area contributed by atoms with E-state index in [0.29, 0.717) is 0 Å². The van der Waals surface area contributed by atoms with Crippen molar-refractivity contribution < 1.29 is 25.2 Å². The topological polar surface area (TPSA) is 90.2 Å². The molecule has 5 atom stereocenters. The Balaban J connectivity index is 2.73. The third-order valence-corrected chi connectivity index (χ3v) is 2.06. The molecule has 1 rings (SSSR count). The molecule has 1 heterocycles. The molecule has 3 unspecified atom stereocenters. The van der Waals surface area contributed by atoms with Crippen molar-refractivity contribution in [3.8, 4) is 12.3 Å². The van der Waals surface area contributed by atoms with Gasteiger partial charge in [-0.05, 0) is 0 Å². The summed E-state index contributed by atoms with van der Waals surface area (Å²) in [7, 11) is 0. The molecule has 0 amide bonds. The third-order valence-electron chi connectivity index (χ3n) is 2.06. The maximum absolute atomic E-state index is 9.26. The first kappa shape index (κ1) is 10.4. The van der Waals surface area contributed by atoms with E-state index in [1.807, 2.05) is 0 Å². The molecule has 0 saturated carbocycles. The molecular weight excluding hydrogens is 176 g/mol. The van der Waals surface area contributed by atoms with Crippen molar-refractivity contribution in [2.75, 3.05) is 6.61 Å². The molecule has 0 spiro atoms. The number of terminal acetylenes is 1. The molecule has 1 aliphatic rings. The van der Waals surface area contributed by atoms with Gasteiger partial charge in [0, 0.05) is 0 Å². The quantitative estimate of drug-likeness (QED) is 0.340. The lowest BCUT2D eigenvalue weighted by Gasteiger charge is -2.37. The van der Waals surface area contributed by atoms with Crippen LogP contribution in [0.4, 0.5) is 0 Å². The number of rotatable bonds is 1. The lowest BCUT2D eigenvalue weighted by atomic mass is 9.96. The second-order valence-electron chi connectivity index (χ2n) is 2.92. The number of aliphatic hydroxyl groups excluding tert-OH is 4. The Hall–Kier alpha value is -0.640. The molecule has 13 heavy (non-hydrogen) atoms. The fourth-order valence-electron chi connectivity index (χ4n) is 1.24. The molecule has 5 nitrogen and oxygen atoms in total. The van der Waals surface area contributed by atoms with Gasteiger partial charge in [-0.1, -0.05) is 5.92 Å². The Labute approximate surface area is 75.6 Å². The summed E-state index contributed by atoms with van der Waals surface area (Å²) in [5.74, 6) is 2.11. The smallest absolute Gasteiger partial charge is 0.146 e. The summed E-state index contributed by atoms with van der Waals surface area (Å²) in [6, 6.07) is 0. The highest BCUT2D eigenvalue weighted by atomic mass is 16.5. The van der Waals surface area contributed by atoms with E-state index >= 15 is 0 Å². The highest BCUT2D eigenvalue weighted by Crippen LogP contribution is 2.20. The molecule has 0 aromatic heterocycles. The van der Waals surface area contributed by atoms with Gasteiger partial charge in [0.25, 0.3) is 0 Å². The predicted molar refractivity (Wildman–Crippen MR) is 42.6 cm³/mol. The fraction of sp³-hybridized carbons (Fsp3) is 0.750. The zero-order valence-electron chi connectivity index (χ0n) is 6.87. The fourth-order valence-corrected chi connectivity index (χ4v) is 1.24. The molecule has 0 aromatic carbocycles. The van der Waals surface area contributed by atoms with Gasteiger partial charge in [0.05, 0.1) is 6.61 Å². The van der Waals surface area contributed by atoms with Crippen LogP contribution in [0.3, 0.4) is 0 Å². The van der Waals surface area contributed by atoms with Crippen LogP contribution in [0, 0.1) is 12.3 Å². The second kappa shape index (κ2) is 4.05. The van der Waals surface area contributed by atoms with Gasteiger partial charge >= 0.3 is 0 Å². The van der Waals surface area contributed by atoms with Crippen LogP contribution in [0.5, 0.6) is 0 Å². The standard InChI is InChI=1S/C8H12O5/c1-2-4-6(10)8(12)7(11)5(3-9)13-4/h1,4-12H,3H2/t4-,5?,6?,7-,8?/m0/s1. The minimum absolute atomic E-state index is 0.455. The van der Waals surface area contributed by atoms with E-state index in [4.69, 9.17) is 16.3 Å². The molecule has 1 saturated heterocycles. The lowest BCUT2D eigenvalue weighted by molar-refractivity contribution is -0.214. The van der Waals surface area contributed by atoms with E-state index in [1.54, 1.807) is 0 Å². The monoisotopic (exact) mass is 188 g/mol. The average Bonchev–Trinajstić information content (AvgIpc) is 2.15. The lowest BCUT2D eigenvalue weighted by Crippen LogP contribution is -2.58. The molecule has 5 heteroatoms. The highest BCUT2D eigenvalue weighted by molar-refractivity contribution is 5.05. The molecule has 1 fully saturated rings. The van der Waals surface area contributed by atoms with Crippen LogP contribution in [-0.2, 0) is 4.74 Å². The van der Waals surface area contributed by atoms with Gasteiger partial charge in [0.15, 0.2) is 0 Å². The molecule has 0 radical (unpaired) electrons. The normalized spacial score (nSPS) is 45.6. The van der Waals surface area contributed by atoms with E-state index in [1.165, 1.54) is 0 Å². The minimum Gasteiger partial charge on any atom is -0.394 e. The summed E-state index contributed by atoms with van der Waals surface area (Å²) in [6.45, 7) is -0.455. The summed E-state index contributed by atoms with van der Waals surface area (Å²) in [5.41, 5.74) is 0. The van der Waals surface area contributed by atoms with E-state index in [9.17, 15) is 15.3 Å². The molecule has 0 aromatic rings. The van der Waals surface area contributed by atoms with Gasteiger partial charge in [-0.2, -0.15) is 0 Å². The highest BCUT2D eigenvalue weighted by Gasteiger charge is 2.42. The number of ether oxygens (including phenoxy) is 1. The largest absolute Gasteiger partial charge is 0.394 e. The third kappa shape index (κ3) is 1.82. The average molecular weight is 188 g/mol. The van der Waals surface area contributed by atoms with Gasteiger partial charge < -0.3 is 25.2 Å². The van der Waals surface area contributed by atoms with Crippen LogP contribution >= 0.6 is 0 Å². The van der Waals surface area contributed by atoms with Crippen molar-refractivity contribution in [1.82, 2.24) is 0 Å². The van der Waals surface area contributed by atoms with Gasteiger partial charge in [-0.3, -0.25) is 0 Å². The summed E-state index contributed by atoms with van der Waals surface area (Å²) in [6.07, 6.45) is -0.941. The van der Waals surface area contributed by atoms with Gasteiger partial charge in [0.2, 0.25) is 0 Å². The first-order valence-electron chi connectivity index (χ1n) is 3.88. The number of hydrogen-bond acceptors (Lipinski definition) is 5. The Morgan fingerprint density at radius 1 is 1.15 bits per heavy atom. The van der Waals surface area contributed by atoms with Crippen LogP contribution in [0.1, 0.15) is 0 Å². The van der Waals surface area contributed by atoms with Crippen LogP contribution < -0.4 is 0 Å². The van der Waals surface area contributed by atoms with E-state index in [-0.39, 0.29) is 0 Å². The Bertz CT molecular complexity index is 209. The maximum atomic E-state index is 9.26. The van der Waals surface area contributed by atoms with E-state index in [2.05, 4.69) is 5.92 Å². The van der Waals surface area contributed by atoms with Crippen molar-refractivity contribution >= 4 is 0 Å². The second-order valence-corrected chi connectivity index (χ2v) is 2.92. The molecule has 0 bridgehead atoms. The summed E-state index contributed by atoms with van der Waals surface area (Å²) < 4.78 is 4.93. The van der Waals surface area contributed by atoms with Crippen LogP contribution in [-0.4, -0.2) is 57.6 Å². The van der Waals surface area contributed by atoms with Crippen molar-refractivity contribution in [2.24, 2.45) is 0 Å². The summed E-state index contributed by atoms with van der Waals surface area (Å²) >= 11 is 0. The van der Waals surface area contributed by atoms with Crippen LogP contribution in [0.25, 0.3) is 0 Å². The Morgan fingerprint density at radius 2 is 1.77 bits per heavy atom. The van der Waals surface area contributed by atoms with Crippen molar-refractivity contribution in [3.63, 3.8) is 0 Å².